The molecule has 0 unspecified atom stereocenters. The molecule has 1 N–H and O–H groups in total. The number of fused-ring (bicyclic) bond motifs is 3. The molecule has 3 aromatic rings. The zero-order valence-electron chi connectivity index (χ0n) is 19.3. The summed E-state index contributed by atoms with van der Waals surface area (Å²) in [5, 5.41) is 5.39. The minimum atomic E-state index is -1.19. The average molecular weight is 516 g/mol. The number of rotatable bonds is 4. The molecule has 0 aliphatic heterocycles. The third-order valence-electron chi connectivity index (χ3n) is 3.41. The van der Waals surface area contributed by atoms with Crippen molar-refractivity contribution in [3.8, 4) is 0 Å². The Morgan fingerprint density at radius 3 is 1.67 bits per heavy atom. The van der Waals surface area contributed by atoms with Crippen LogP contribution in [0.15, 0.2) is 54.6 Å². The topological polar surface area (TPSA) is 33.0 Å². The van der Waals surface area contributed by atoms with Crippen molar-refractivity contribution in [3.63, 3.8) is 0 Å². The van der Waals surface area contributed by atoms with E-state index in [0.717, 1.165) is 16.1 Å². The quantitative estimate of drug-likeness (QED) is 0.194. The van der Waals surface area contributed by atoms with Crippen molar-refractivity contribution in [1.29, 1.82) is 0 Å². The van der Waals surface area contributed by atoms with Gasteiger partial charge in [-0.3, -0.25) is 0 Å². The molecule has 166 valence electrons. The Bertz CT molecular complexity index is 773. The summed E-state index contributed by atoms with van der Waals surface area (Å²) in [7, 11) is 9.63. The number of hydrogen-bond donors (Lipinski definition) is 0. The molecule has 30 heavy (non-hydrogen) atoms. The van der Waals surface area contributed by atoms with Gasteiger partial charge < -0.3 is 10.2 Å². The first-order valence-corrected chi connectivity index (χ1v) is 19.4. The molecule has 0 aliphatic rings. The van der Waals surface area contributed by atoms with E-state index in [-0.39, 0.29) is 5.54 Å². The number of nitrogens with one attached hydrogen (secondary N) is 1. The third kappa shape index (κ3) is 15.7. The van der Waals surface area contributed by atoms with Gasteiger partial charge in [0.25, 0.3) is 0 Å². The average Bonchev–Trinajstić information content (AvgIpc) is 2.99. The van der Waals surface area contributed by atoms with E-state index in [1.807, 2.05) is 20.8 Å². The fourth-order valence-electron chi connectivity index (χ4n) is 2.36. The van der Waals surface area contributed by atoms with Gasteiger partial charge in [0.1, 0.15) is 0 Å². The number of hydrogen-bond acceptors (Lipinski definition) is 1. The van der Waals surface area contributed by atoms with Crippen LogP contribution in [0.4, 0.5) is 0 Å². The minimum absolute atomic E-state index is 0.250. The molecule has 2 radical (unpaired) electrons. The molecular formula is C23H35Cl2NOSi2Ti-2. The summed E-state index contributed by atoms with van der Waals surface area (Å²) in [6, 6.07) is 20.5. The van der Waals surface area contributed by atoms with E-state index >= 15 is 0 Å². The maximum Gasteiger partial charge on any atom is -0.0771 e. The Morgan fingerprint density at radius 1 is 0.967 bits per heavy atom. The van der Waals surface area contributed by atoms with Crippen molar-refractivity contribution in [3.05, 3.63) is 60.3 Å². The van der Waals surface area contributed by atoms with Gasteiger partial charge in [-0.05, 0) is 25.7 Å². The molecule has 3 rings (SSSR count). The molecule has 2 nitrogen and oxygen atoms in total. The molecule has 0 fully saturated rings. The Labute approximate surface area is 203 Å². The predicted molar refractivity (Wildman–Crippen MR) is 139 cm³/mol. The molecule has 0 amide bonds. The van der Waals surface area contributed by atoms with Crippen LogP contribution in [0.2, 0.25) is 32.2 Å². The summed E-state index contributed by atoms with van der Waals surface area (Å²) in [6.07, 6.45) is 0. The summed E-state index contributed by atoms with van der Waals surface area (Å²) >= 11 is -0.556. The van der Waals surface area contributed by atoms with Gasteiger partial charge in [0.05, 0.1) is 0 Å². The molecule has 7 heteroatoms. The van der Waals surface area contributed by atoms with E-state index in [4.69, 9.17) is 28.8 Å². The third-order valence-corrected chi connectivity index (χ3v) is 5.18. The second kappa shape index (κ2) is 15.7. The Balaban J connectivity index is 0.000000434. The molecule has 0 atom stereocenters. The van der Waals surface area contributed by atoms with Crippen molar-refractivity contribution in [1.82, 2.24) is 0 Å². The van der Waals surface area contributed by atoms with E-state index in [1.165, 1.54) is 27.6 Å². The normalized spacial score (nSPS) is 10.9. The van der Waals surface area contributed by atoms with Crippen LogP contribution in [0.5, 0.6) is 0 Å². The van der Waals surface area contributed by atoms with Crippen molar-refractivity contribution < 1.29 is 21.5 Å². The fourth-order valence-corrected chi connectivity index (χ4v) is 3.59. The van der Waals surface area contributed by atoms with E-state index in [1.54, 1.807) is 0 Å². The fraction of sp³-hybridized carbons (Fsp3) is 0.435. The van der Waals surface area contributed by atoms with Crippen LogP contribution in [0, 0.1) is 0 Å². The first-order valence-electron chi connectivity index (χ1n) is 9.96. The zero-order valence-corrected chi connectivity index (χ0v) is 24.3. The van der Waals surface area contributed by atoms with Crippen LogP contribution in [0.1, 0.15) is 20.8 Å². The van der Waals surface area contributed by atoms with Crippen molar-refractivity contribution >= 4 is 58.0 Å². The summed E-state index contributed by atoms with van der Waals surface area (Å²) < 4.78 is 5.62. The molecule has 0 saturated carbocycles. The van der Waals surface area contributed by atoms with Crippen LogP contribution in [-0.2, 0) is 21.5 Å². The number of benzene rings is 2. The van der Waals surface area contributed by atoms with Crippen LogP contribution < -0.4 is 0 Å². The van der Waals surface area contributed by atoms with Crippen molar-refractivity contribution in [2.24, 2.45) is 0 Å². The summed E-state index contributed by atoms with van der Waals surface area (Å²) in [6.45, 7) is 15.4. The van der Waals surface area contributed by atoms with Gasteiger partial charge in [-0.25, -0.2) is 0 Å². The van der Waals surface area contributed by atoms with Crippen LogP contribution in [-0.4, -0.2) is 30.0 Å². The van der Waals surface area contributed by atoms with Crippen LogP contribution in [0.25, 0.3) is 27.3 Å². The van der Waals surface area contributed by atoms with Gasteiger partial charge in [-0.1, -0.05) is 63.7 Å². The SMILES string of the molecule is CC(C)(C)[NH-].C[Si]CCO[Si](C)(C)C.[Cl][Ti][Cl].c1ccc2c(c1)[cH-]c1ccccc12. The molecule has 0 heterocycles. The van der Waals surface area contributed by atoms with Crippen LogP contribution in [0.3, 0.4) is 0 Å². The van der Waals surface area contributed by atoms with E-state index in [2.05, 4.69) is 80.8 Å². The van der Waals surface area contributed by atoms with Gasteiger partial charge in [-0.15, -0.1) is 45.3 Å². The van der Waals surface area contributed by atoms with E-state index in [9.17, 15) is 0 Å². The molecule has 0 saturated heterocycles. The Morgan fingerprint density at radius 2 is 1.33 bits per heavy atom. The first-order chi connectivity index (χ1) is 13.9. The van der Waals surface area contributed by atoms with Gasteiger partial charge in [0, 0.05) is 16.1 Å². The van der Waals surface area contributed by atoms with Gasteiger partial charge >= 0.3 is 35.6 Å². The standard InChI is InChI=1S/C13H9.C6H16OSi2.C4H10N.2ClH.Ti/c1-3-7-12-10(5-1)9-11-6-2-4-8-13(11)12;1-8-6-5-7-9(2,3)4;1-4(2,3)5;;;/h1-9H;5-6H2,1-4H3;5H,1-3H3;2*1H;/q-1;;-1;;;+2/p-2. The predicted octanol–water partition coefficient (Wildman–Crippen LogP) is 8.93. The van der Waals surface area contributed by atoms with Gasteiger partial charge in [0.15, 0.2) is 8.32 Å². The maximum absolute atomic E-state index is 6.94. The second-order valence-corrected chi connectivity index (χ2v) is 17.0. The molecule has 3 aromatic carbocycles. The molecule has 0 aliphatic carbocycles. The second-order valence-electron chi connectivity index (χ2n) is 8.70. The van der Waals surface area contributed by atoms with E-state index < -0.39 is 25.3 Å². The molecule has 0 bridgehead atoms. The molecular weight excluding hydrogens is 481 g/mol. The summed E-state index contributed by atoms with van der Waals surface area (Å²) in [5.41, 5.74) is 6.69. The summed E-state index contributed by atoms with van der Waals surface area (Å²) in [4.78, 5) is 0. The van der Waals surface area contributed by atoms with Crippen molar-refractivity contribution in [2.45, 2.75) is 58.5 Å². The number of halogens is 2. The Kier molecular flexibility index (Phi) is 15.7. The molecule has 0 spiro atoms. The van der Waals surface area contributed by atoms with Gasteiger partial charge in [-0.2, -0.15) is 0 Å². The Hall–Kier alpha value is -0.0419. The minimum Gasteiger partial charge on any atom is -0.126 e. The summed E-state index contributed by atoms with van der Waals surface area (Å²) in [5.74, 6) is 0. The van der Waals surface area contributed by atoms with E-state index in [0.29, 0.717) is 0 Å². The first kappa shape index (κ1) is 30.0. The molecule has 0 aromatic heterocycles. The maximum atomic E-state index is 6.94. The van der Waals surface area contributed by atoms with Crippen LogP contribution >= 0.6 is 18.6 Å². The monoisotopic (exact) mass is 515 g/mol. The zero-order chi connectivity index (χ0) is 23.2. The smallest absolute Gasteiger partial charge is 0.0771 e. The van der Waals surface area contributed by atoms with Crippen molar-refractivity contribution in [2.75, 3.05) is 6.61 Å². The largest absolute Gasteiger partial charge is 0.126 e. The van der Waals surface area contributed by atoms with Gasteiger partial charge in [0.2, 0.25) is 0 Å².